The molecule has 0 saturated heterocycles. The molecule has 0 aliphatic carbocycles. The maximum atomic E-state index is 6.36. The highest BCUT2D eigenvalue weighted by molar-refractivity contribution is 6.14. The molecule has 0 radical (unpaired) electrons. The van der Waals surface area contributed by atoms with Crippen molar-refractivity contribution in [1.82, 2.24) is 19.9 Å². The lowest BCUT2D eigenvalue weighted by atomic mass is 9.94. The maximum absolute atomic E-state index is 6.36. The smallest absolute Gasteiger partial charge is 0.135 e. The summed E-state index contributed by atoms with van der Waals surface area (Å²) in [5, 5.41) is 6.50. The molecular weight excluding hydrogens is 552 g/mol. The summed E-state index contributed by atoms with van der Waals surface area (Å²) in [6.07, 6.45) is 0. The minimum Gasteiger partial charge on any atom is -0.456 e. The van der Waals surface area contributed by atoms with Crippen LogP contribution >= 0.6 is 0 Å². The molecule has 5 nitrogen and oxygen atoms in total. The summed E-state index contributed by atoms with van der Waals surface area (Å²) in [5.74, 6) is 0. The number of aryl methyl sites for hydroxylation is 4. The molecule has 0 N–H and O–H groups in total. The van der Waals surface area contributed by atoms with Crippen LogP contribution in [0.15, 0.2) is 101 Å². The normalized spacial score (nSPS) is 12.0. The van der Waals surface area contributed by atoms with Gasteiger partial charge in [-0.2, -0.15) is 0 Å². The predicted molar refractivity (Wildman–Crippen MR) is 185 cm³/mol. The van der Waals surface area contributed by atoms with Crippen LogP contribution in [-0.4, -0.2) is 19.9 Å². The van der Waals surface area contributed by atoms with Crippen molar-refractivity contribution >= 4 is 65.6 Å². The molecule has 0 aliphatic rings. The number of benzene rings is 4. The molecule has 0 aliphatic heterocycles. The Bertz CT molecular complexity index is 2520. The molecule has 9 rings (SSSR count). The standard InChI is InChI=1S/C40H28N4O/c1-21-5-9-27-19-31(29-13-7-23(3)43-39(29)37(27)41-21)25-11-15-35-33(17-25)34-18-26(12-16-36(34)45-35)32-20-28-10-6-22(2)42-38(28)40-30(32)14-8-24(4)44-40/h5-20H,1-4H3. The van der Waals surface area contributed by atoms with Gasteiger partial charge in [0.25, 0.3) is 0 Å². The first-order chi connectivity index (χ1) is 21.9. The first kappa shape index (κ1) is 25.8. The Balaban J connectivity index is 1.28. The van der Waals surface area contributed by atoms with Crippen molar-refractivity contribution in [3.05, 3.63) is 120 Å². The molecule has 4 aromatic carbocycles. The van der Waals surface area contributed by atoms with E-state index in [4.69, 9.17) is 24.4 Å². The molecule has 0 spiro atoms. The van der Waals surface area contributed by atoms with Gasteiger partial charge in [0, 0.05) is 55.1 Å². The molecule has 5 heteroatoms. The number of pyridine rings is 4. The van der Waals surface area contributed by atoms with E-state index in [9.17, 15) is 0 Å². The summed E-state index contributed by atoms with van der Waals surface area (Å²) < 4.78 is 6.36. The Morgan fingerprint density at radius 2 is 0.778 bits per heavy atom. The van der Waals surface area contributed by atoms with E-state index in [-0.39, 0.29) is 0 Å². The quantitative estimate of drug-likeness (QED) is 0.190. The van der Waals surface area contributed by atoms with Gasteiger partial charge in [0.15, 0.2) is 0 Å². The monoisotopic (exact) mass is 580 g/mol. The fourth-order valence-electron chi connectivity index (χ4n) is 6.71. The maximum Gasteiger partial charge on any atom is 0.135 e. The van der Waals surface area contributed by atoms with E-state index in [1.807, 2.05) is 27.7 Å². The van der Waals surface area contributed by atoms with E-state index in [2.05, 4.69) is 97.1 Å². The molecule has 0 atom stereocenters. The number of rotatable bonds is 2. The van der Waals surface area contributed by atoms with Gasteiger partial charge in [0.2, 0.25) is 0 Å². The fraction of sp³-hybridized carbons (Fsp3) is 0.100. The van der Waals surface area contributed by atoms with Crippen LogP contribution in [-0.2, 0) is 0 Å². The predicted octanol–water partition coefficient (Wildman–Crippen LogP) is 10.3. The zero-order valence-corrected chi connectivity index (χ0v) is 25.4. The van der Waals surface area contributed by atoms with Crippen molar-refractivity contribution in [2.45, 2.75) is 27.7 Å². The number of furan rings is 1. The summed E-state index contributed by atoms with van der Waals surface area (Å²) in [7, 11) is 0. The van der Waals surface area contributed by atoms with E-state index in [1.165, 1.54) is 0 Å². The van der Waals surface area contributed by atoms with Crippen LogP contribution in [0.1, 0.15) is 22.8 Å². The van der Waals surface area contributed by atoms with Crippen molar-refractivity contribution in [2.75, 3.05) is 0 Å². The van der Waals surface area contributed by atoms with E-state index < -0.39 is 0 Å². The van der Waals surface area contributed by atoms with Gasteiger partial charge >= 0.3 is 0 Å². The van der Waals surface area contributed by atoms with Gasteiger partial charge < -0.3 is 4.42 Å². The second kappa shape index (κ2) is 9.41. The van der Waals surface area contributed by atoms with Crippen LogP contribution in [0.2, 0.25) is 0 Å². The highest BCUT2D eigenvalue weighted by atomic mass is 16.3. The second-order valence-electron chi connectivity index (χ2n) is 12.1. The molecule has 214 valence electrons. The molecule has 0 amide bonds. The summed E-state index contributed by atoms with van der Waals surface area (Å²) >= 11 is 0. The van der Waals surface area contributed by atoms with Gasteiger partial charge in [0.1, 0.15) is 11.2 Å². The largest absolute Gasteiger partial charge is 0.456 e. The third-order valence-corrected chi connectivity index (χ3v) is 8.92. The Morgan fingerprint density at radius 3 is 1.22 bits per heavy atom. The fourth-order valence-corrected chi connectivity index (χ4v) is 6.71. The molecule has 5 heterocycles. The molecule has 0 bridgehead atoms. The molecule has 0 unspecified atom stereocenters. The molecule has 45 heavy (non-hydrogen) atoms. The average molecular weight is 581 g/mol. The van der Waals surface area contributed by atoms with Crippen molar-refractivity contribution in [1.29, 1.82) is 0 Å². The van der Waals surface area contributed by atoms with Crippen LogP contribution in [0.25, 0.3) is 87.8 Å². The number of hydrogen-bond donors (Lipinski definition) is 0. The van der Waals surface area contributed by atoms with Crippen molar-refractivity contribution in [3.63, 3.8) is 0 Å². The Labute approximate surface area is 259 Å². The van der Waals surface area contributed by atoms with Gasteiger partial charge in [-0.3, -0.25) is 19.9 Å². The molecule has 0 saturated carbocycles. The summed E-state index contributed by atoms with van der Waals surface area (Å²) in [4.78, 5) is 19.6. The Morgan fingerprint density at radius 1 is 0.378 bits per heavy atom. The number of nitrogens with zero attached hydrogens (tertiary/aromatic N) is 4. The van der Waals surface area contributed by atoms with Gasteiger partial charge in [0.05, 0.1) is 22.1 Å². The molecular formula is C40H28N4O. The topological polar surface area (TPSA) is 64.7 Å². The van der Waals surface area contributed by atoms with Gasteiger partial charge in [-0.15, -0.1) is 0 Å². The molecule has 0 fully saturated rings. The van der Waals surface area contributed by atoms with Crippen LogP contribution in [0.5, 0.6) is 0 Å². The minimum absolute atomic E-state index is 0.864. The summed E-state index contributed by atoms with van der Waals surface area (Å²) in [6.45, 7) is 8.11. The number of aromatic nitrogens is 4. The SMILES string of the molecule is Cc1ccc2cc(-c3ccc4oc5ccc(-c6cc7ccc(C)nc7c7nc(C)ccc67)cc5c4c3)c3ccc(C)nc3c2n1. The summed E-state index contributed by atoms with van der Waals surface area (Å²) in [5.41, 5.74) is 13.9. The van der Waals surface area contributed by atoms with E-state index in [0.29, 0.717) is 0 Å². The average Bonchev–Trinajstić information content (AvgIpc) is 3.41. The number of hydrogen-bond acceptors (Lipinski definition) is 5. The van der Waals surface area contributed by atoms with Crippen molar-refractivity contribution < 1.29 is 4.42 Å². The van der Waals surface area contributed by atoms with Gasteiger partial charge in [-0.05, 0) is 111 Å². The zero-order chi connectivity index (χ0) is 30.4. The zero-order valence-electron chi connectivity index (χ0n) is 25.4. The third kappa shape index (κ3) is 4.01. The lowest BCUT2D eigenvalue weighted by Gasteiger charge is -2.12. The summed E-state index contributed by atoms with van der Waals surface area (Å²) in [6, 6.07) is 34.3. The van der Waals surface area contributed by atoms with Crippen LogP contribution in [0.4, 0.5) is 0 Å². The number of fused-ring (bicyclic) bond motifs is 9. The Hall–Kier alpha value is -5.68. The van der Waals surface area contributed by atoms with E-state index in [1.54, 1.807) is 0 Å². The minimum atomic E-state index is 0.864. The lowest BCUT2D eigenvalue weighted by molar-refractivity contribution is 0.669. The first-order valence-corrected chi connectivity index (χ1v) is 15.2. The highest BCUT2D eigenvalue weighted by Crippen LogP contribution is 2.40. The lowest BCUT2D eigenvalue weighted by Crippen LogP contribution is -1.92. The first-order valence-electron chi connectivity index (χ1n) is 15.2. The van der Waals surface area contributed by atoms with Gasteiger partial charge in [-0.25, -0.2) is 0 Å². The van der Waals surface area contributed by atoms with Crippen molar-refractivity contribution in [3.8, 4) is 22.3 Å². The highest BCUT2D eigenvalue weighted by Gasteiger charge is 2.16. The van der Waals surface area contributed by atoms with E-state index >= 15 is 0 Å². The Kier molecular flexibility index (Phi) is 5.39. The van der Waals surface area contributed by atoms with Crippen molar-refractivity contribution in [2.24, 2.45) is 0 Å². The van der Waals surface area contributed by atoms with Gasteiger partial charge in [-0.1, -0.05) is 36.4 Å². The molecule has 5 aromatic heterocycles. The van der Waals surface area contributed by atoms with Crippen LogP contribution < -0.4 is 0 Å². The molecule has 9 aromatic rings. The van der Waals surface area contributed by atoms with E-state index in [0.717, 1.165) is 111 Å². The third-order valence-electron chi connectivity index (χ3n) is 8.92. The van der Waals surface area contributed by atoms with Crippen LogP contribution in [0.3, 0.4) is 0 Å². The van der Waals surface area contributed by atoms with Crippen LogP contribution in [0, 0.1) is 27.7 Å². The second-order valence-corrected chi connectivity index (χ2v) is 12.1.